The van der Waals surface area contributed by atoms with Gasteiger partial charge in [0.2, 0.25) is 0 Å². The third-order valence-corrected chi connectivity index (χ3v) is 5.93. The van der Waals surface area contributed by atoms with E-state index >= 15 is 0 Å². The van der Waals surface area contributed by atoms with E-state index in [1.807, 2.05) is 24.3 Å². The maximum absolute atomic E-state index is 4.74. The lowest BCUT2D eigenvalue weighted by molar-refractivity contribution is 1.28. The van der Waals surface area contributed by atoms with Crippen molar-refractivity contribution in [1.82, 2.24) is 29.9 Å². The van der Waals surface area contributed by atoms with Gasteiger partial charge < -0.3 is 9.97 Å². The second-order valence-corrected chi connectivity index (χ2v) is 7.73. The van der Waals surface area contributed by atoms with Gasteiger partial charge in [-0.15, -0.1) is 11.3 Å². The van der Waals surface area contributed by atoms with E-state index in [1.54, 1.807) is 36.1 Å². The van der Waals surface area contributed by atoms with E-state index in [9.17, 15) is 0 Å². The van der Waals surface area contributed by atoms with Crippen molar-refractivity contribution in [1.29, 1.82) is 0 Å². The van der Waals surface area contributed by atoms with E-state index in [2.05, 4.69) is 44.2 Å². The Morgan fingerprint density at radius 3 is 1.97 bits per heavy atom. The van der Waals surface area contributed by atoms with Crippen LogP contribution in [0.15, 0.2) is 73.3 Å². The minimum Gasteiger partial charge on any atom is -0.338 e. The molecule has 0 spiro atoms. The smallest absolute Gasteiger partial charge is 0.142 e. The SMILES string of the molecule is c1cc(-c2nc3ccc(-c4cc5[nH]c(-c6ccncc6)nc5s4)cc3[nH]2)ccn1. The lowest BCUT2D eigenvalue weighted by Gasteiger charge is -1.97. The maximum atomic E-state index is 4.74. The van der Waals surface area contributed by atoms with Gasteiger partial charge in [0.1, 0.15) is 16.5 Å². The number of aromatic nitrogens is 6. The first-order valence-corrected chi connectivity index (χ1v) is 9.96. The molecule has 0 bridgehead atoms. The summed E-state index contributed by atoms with van der Waals surface area (Å²) in [4.78, 5) is 26.6. The van der Waals surface area contributed by atoms with Gasteiger partial charge in [-0.05, 0) is 48.0 Å². The molecular weight excluding hydrogens is 380 g/mol. The van der Waals surface area contributed by atoms with Crippen molar-refractivity contribution in [3.63, 3.8) is 0 Å². The van der Waals surface area contributed by atoms with E-state index in [0.29, 0.717) is 0 Å². The third-order valence-electron chi connectivity index (χ3n) is 4.85. The maximum Gasteiger partial charge on any atom is 0.142 e. The Morgan fingerprint density at radius 1 is 0.621 bits per heavy atom. The Hall–Kier alpha value is -3.84. The zero-order chi connectivity index (χ0) is 19.2. The molecule has 138 valence electrons. The molecule has 0 saturated carbocycles. The number of rotatable bonds is 3. The molecule has 5 aromatic heterocycles. The van der Waals surface area contributed by atoms with Gasteiger partial charge in [0, 0.05) is 40.8 Å². The van der Waals surface area contributed by atoms with E-state index in [0.717, 1.165) is 49.7 Å². The number of thiophene rings is 1. The van der Waals surface area contributed by atoms with Crippen LogP contribution in [-0.4, -0.2) is 29.9 Å². The number of nitrogens with one attached hydrogen (secondary N) is 2. The van der Waals surface area contributed by atoms with Crippen LogP contribution in [0, 0.1) is 0 Å². The normalized spacial score (nSPS) is 11.4. The van der Waals surface area contributed by atoms with Gasteiger partial charge in [0.25, 0.3) is 0 Å². The average molecular weight is 394 g/mol. The average Bonchev–Trinajstić information content (AvgIpc) is 3.47. The van der Waals surface area contributed by atoms with Crippen molar-refractivity contribution in [2.75, 3.05) is 0 Å². The van der Waals surface area contributed by atoms with Crippen LogP contribution in [0.3, 0.4) is 0 Å². The topological polar surface area (TPSA) is 83.1 Å². The summed E-state index contributed by atoms with van der Waals surface area (Å²) >= 11 is 1.68. The number of H-pyrrole nitrogens is 2. The minimum absolute atomic E-state index is 0.849. The monoisotopic (exact) mass is 394 g/mol. The van der Waals surface area contributed by atoms with Crippen LogP contribution in [0.4, 0.5) is 0 Å². The van der Waals surface area contributed by atoms with Gasteiger partial charge in [0.15, 0.2) is 0 Å². The number of benzene rings is 1. The number of hydrogen-bond donors (Lipinski definition) is 2. The Morgan fingerprint density at radius 2 is 1.28 bits per heavy atom. The molecule has 2 N–H and O–H groups in total. The molecule has 0 unspecified atom stereocenters. The van der Waals surface area contributed by atoms with E-state index < -0.39 is 0 Å². The fourth-order valence-electron chi connectivity index (χ4n) is 3.41. The molecule has 0 atom stereocenters. The van der Waals surface area contributed by atoms with Crippen LogP contribution in [0.1, 0.15) is 0 Å². The van der Waals surface area contributed by atoms with Crippen molar-refractivity contribution in [3.8, 4) is 33.2 Å². The second kappa shape index (κ2) is 6.35. The summed E-state index contributed by atoms with van der Waals surface area (Å²) in [7, 11) is 0. The first-order chi connectivity index (χ1) is 14.3. The largest absolute Gasteiger partial charge is 0.338 e. The predicted molar refractivity (Wildman–Crippen MR) is 116 cm³/mol. The lowest BCUT2D eigenvalue weighted by Crippen LogP contribution is -1.80. The van der Waals surface area contributed by atoms with Gasteiger partial charge in [-0.2, -0.15) is 0 Å². The summed E-state index contributed by atoms with van der Waals surface area (Å²) in [6.45, 7) is 0. The molecule has 0 aliphatic rings. The molecule has 7 heteroatoms. The lowest BCUT2D eigenvalue weighted by atomic mass is 10.1. The number of pyridine rings is 2. The number of hydrogen-bond acceptors (Lipinski definition) is 5. The van der Waals surface area contributed by atoms with Crippen LogP contribution in [0.5, 0.6) is 0 Å². The van der Waals surface area contributed by atoms with Crippen LogP contribution in [-0.2, 0) is 0 Å². The molecule has 6 aromatic rings. The molecule has 0 aliphatic heterocycles. The van der Waals surface area contributed by atoms with Crippen molar-refractivity contribution in [2.45, 2.75) is 0 Å². The second-order valence-electron chi connectivity index (χ2n) is 6.70. The summed E-state index contributed by atoms with van der Waals surface area (Å²) in [6.07, 6.45) is 7.10. The molecule has 0 radical (unpaired) electrons. The summed E-state index contributed by atoms with van der Waals surface area (Å²) in [5.74, 6) is 1.72. The van der Waals surface area contributed by atoms with Gasteiger partial charge in [-0.1, -0.05) is 6.07 Å². The van der Waals surface area contributed by atoms with E-state index in [1.165, 1.54) is 4.88 Å². The van der Waals surface area contributed by atoms with E-state index in [4.69, 9.17) is 9.97 Å². The number of aromatic amines is 2. The Balaban J connectivity index is 1.38. The van der Waals surface area contributed by atoms with Crippen molar-refractivity contribution in [3.05, 3.63) is 73.3 Å². The van der Waals surface area contributed by atoms with Gasteiger partial charge in [0.05, 0.1) is 16.6 Å². The summed E-state index contributed by atoms with van der Waals surface area (Å²) in [5.41, 5.74) is 6.20. The van der Waals surface area contributed by atoms with Crippen LogP contribution >= 0.6 is 11.3 Å². The highest BCUT2D eigenvalue weighted by molar-refractivity contribution is 7.21. The highest BCUT2D eigenvalue weighted by Gasteiger charge is 2.12. The summed E-state index contributed by atoms with van der Waals surface area (Å²) in [6, 6.07) is 16.3. The third kappa shape index (κ3) is 2.79. The standard InChI is InChI=1S/C22H14N6S/c1-2-16-17(26-20(25-16)13-3-7-23-8-4-13)11-15(1)19-12-18-22(29-19)28-21(27-18)14-5-9-24-10-6-14/h1-12H,(H,25,26)(H,27,28). The van der Waals surface area contributed by atoms with Crippen molar-refractivity contribution >= 4 is 32.7 Å². The number of imidazole rings is 2. The molecular formula is C22H14N6S. The van der Waals surface area contributed by atoms with Crippen molar-refractivity contribution in [2.24, 2.45) is 0 Å². The number of fused-ring (bicyclic) bond motifs is 2. The van der Waals surface area contributed by atoms with Crippen LogP contribution < -0.4 is 0 Å². The quantitative estimate of drug-likeness (QED) is 0.427. The number of nitrogens with zero attached hydrogens (tertiary/aromatic N) is 4. The van der Waals surface area contributed by atoms with Gasteiger partial charge >= 0.3 is 0 Å². The Bertz CT molecular complexity index is 1420. The Labute approximate surface area is 169 Å². The first kappa shape index (κ1) is 16.1. The fraction of sp³-hybridized carbons (Fsp3) is 0. The summed E-state index contributed by atoms with van der Waals surface area (Å²) in [5, 5.41) is 0. The zero-order valence-electron chi connectivity index (χ0n) is 15.1. The molecule has 0 saturated heterocycles. The first-order valence-electron chi connectivity index (χ1n) is 9.14. The molecule has 0 aliphatic carbocycles. The molecule has 0 amide bonds. The van der Waals surface area contributed by atoms with Crippen LogP contribution in [0.25, 0.3) is 54.6 Å². The Kier molecular flexibility index (Phi) is 3.54. The molecule has 0 fully saturated rings. The minimum atomic E-state index is 0.849. The fourth-order valence-corrected chi connectivity index (χ4v) is 4.40. The van der Waals surface area contributed by atoms with Gasteiger partial charge in [-0.25, -0.2) is 9.97 Å². The van der Waals surface area contributed by atoms with E-state index in [-0.39, 0.29) is 0 Å². The van der Waals surface area contributed by atoms with Crippen LogP contribution in [0.2, 0.25) is 0 Å². The van der Waals surface area contributed by atoms with Crippen molar-refractivity contribution < 1.29 is 0 Å². The molecule has 6 rings (SSSR count). The highest BCUT2D eigenvalue weighted by Crippen LogP contribution is 2.35. The molecule has 29 heavy (non-hydrogen) atoms. The highest BCUT2D eigenvalue weighted by atomic mass is 32.1. The summed E-state index contributed by atoms with van der Waals surface area (Å²) < 4.78 is 0. The van der Waals surface area contributed by atoms with Gasteiger partial charge in [-0.3, -0.25) is 9.97 Å². The molecule has 1 aromatic carbocycles. The molecule has 6 nitrogen and oxygen atoms in total. The zero-order valence-corrected chi connectivity index (χ0v) is 15.9. The molecule has 5 heterocycles. The predicted octanol–water partition coefficient (Wildman–Crippen LogP) is 5.29.